The number of nitrogens with zero attached hydrogens (tertiary/aromatic N) is 3. The third-order valence-electron chi connectivity index (χ3n) is 5.58. The van der Waals surface area contributed by atoms with E-state index in [1.54, 1.807) is 43.6 Å². The molecule has 2 aromatic carbocycles. The minimum Gasteiger partial charge on any atom is -0.497 e. The molecule has 10 heteroatoms. The molecule has 0 fully saturated rings. The van der Waals surface area contributed by atoms with E-state index in [2.05, 4.69) is 20.6 Å². The zero-order chi connectivity index (χ0) is 25.7. The van der Waals surface area contributed by atoms with Gasteiger partial charge in [0.1, 0.15) is 17.0 Å². The maximum atomic E-state index is 13.4. The van der Waals surface area contributed by atoms with Gasteiger partial charge in [-0.3, -0.25) is 14.2 Å². The number of carbonyl (C=O) groups excluding carboxylic acids is 1. The van der Waals surface area contributed by atoms with Crippen LogP contribution in [0.1, 0.15) is 12.5 Å². The predicted molar refractivity (Wildman–Crippen MR) is 143 cm³/mol. The zero-order valence-electron chi connectivity index (χ0n) is 19.8. The first-order valence-electron chi connectivity index (χ1n) is 11.3. The molecule has 2 heterocycles. The van der Waals surface area contributed by atoms with Crippen LogP contribution in [0.3, 0.4) is 0 Å². The number of hydrogen-bond acceptors (Lipinski definition) is 6. The van der Waals surface area contributed by atoms with E-state index in [0.29, 0.717) is 51.3 Å². The summed E-state index contributed by atoms with van der Waals surface area (Å²) in [5, 5.41) is 7.12. The van der Waals surface area contributed by atoms with Gasteiger partial charge in [0.15, 0.2) is 5.65 Å². The molecule has 0 atom stereocenters. The highest BCUT2D eigenvalue weighted by molar-refractivity contribution is 6.42. The van der Waals surface area contributed by atoms with Gasteiger partial charge in [-0.1, -0.05) is 29.3 Å². The topological polar surface area (TPSA) is 98.1 Å². The van der Waals surface area contributed by atoms with Crippen molar-refractivity contribution >= 4 is 46.0 Å². The van der Waals surface area contributed by atoms with Gasteiger partial charge in [0.25, 0.3) is 5.56 Å². The van der Waals surface area contributed by atoms with Crippen LogP contribution in [-0.4, -0.2) is 40.6 Å². The highest BCUT2D eigenvalue weighted by Crippen LogP contribution is 2.24. The monoisotopic (exact) mass is 525 g/mol. The molecule has 2 N–H and O–H groups in total. The predicted octanol–water partition coefficient (Wildman–Crippen LogP) is 4.56. The van der Waals surface area contributed by atoms with Gasteiger partial charge in [0, 0.05) is 32.1 Å². The molecule has 0 radical (unpaired) electrons. The maximum absolute atomic E-state index is 13.4. The normalized spacial score (nSPS) is 10.9. The molecule has 8 nitrogen and oxygen atoms in total. The fourth-order valence-electron chi connectivity index (χ4n) is 3.76. The van der Waals surface area contributed by atoms with Crippen LogP contribution in [0.15, 0.2) is 59.5 Å². The van der Waals surface area contributed by atoms with Crippen LogP contribution in [0.2, 0.25) is 10.0 Å². The second-order valence-electron chi connectivity index (χ2n) is 8.12. The lowest BCUT2D eigenvalue weighted by Crippen LogP contribution is -2.31. The van der Waals surface area contributed by atoms with E-state index in [-0.39, 0.29) is 18.0 Å². The van der Waals surface area contributed by atoms with E-state index >= 15 is 0 Å². The molecule has 0 aliphatic rings. The summed E-state index contributed by atoms with van der Waals surface area (Å²) in [7, 11) is 1.58. The van der Waals surface area contributed by atoms with Crippen molar-refractivity contribution in [2.24, 2.45) is 0 Å². The van der Waals surface area contributed by atoms with E-state index in [0.717, 1.165) is 17.7 Å². The molecule has 0 aliphatic heterocycles. The number of pyridine rings is 1. The first-order valence-corrected chi connectivity index (χ1v) is 12.1. The Morgan fingerprint density at radius 2 is 1.83 bits per heavy atom. The van der Waals surface area contributed by atoms with E-state index in [4.69, 9.17) is 27.9 Å². The van der Waals surface area contributed by atoms with Crippen LogP contribution in [0.5, 0.6) is 5.75 Å². The molecule has 186 valence electrons. The SMILES string of the molecule is COc1ccc(-c2nc3cc(NCCc4ccc(Cl)c(Cl)c4)cnc3n(CCNC(C)=O)c2=O)cc1. The van der Waals surface area contributed by atoms with Crippen LogP contribution in [0.4, 0.5) is 5.69 Å². The molecule has 0 unspecified atom stereocenters. The minimum absolute atomic E-state index is 0.168. The Morgan fingerprint density at radius 3 is 2.53 bits per heavy atom. The first kappa shape index (κ1) is 25.5. The van der Waals surface area contributed by atoms with Crippen LogP contribution in [0.25, 0.3) is 22.4 Å². The largest absolute Gasteiger partial charge is 0.497 e. The molecule has 1 amide bonds. The fraction of sp³-hybridized carbons (Fsp3) is 0.231. The molecule has 4 rings (SSSR count). The van der Waals surface area contributed by atoms with Gasteiger partial charge in [-0.2, -0.15) is 0 Å². The zero-order valence-corrected chi connectivity index (χ0v) is 21.4. The Balaban J connectivity index is 1.64. The van der Waals surface area contributed by atoms with Crippen molar-refractivity contribution in [1.82, 2.24) is 19.9 Å². The molecule has 2 aromatic heterocycles. The maximum Gasteiger partial charge on any atom is 0.278 e. The molecule has 0 aliphatic carbocycles. The number of amides is 1. The summed E-state index contributed by atoms with van der Waals surface area (Å²) in [6.45, 7) is 2.63. The molecule has 0 bridgehead atoms. The van der Waals surface area contributed by atoms with Gasteiger partial charge in [-0.25, -0.2) is 9.97 Å². The summed E-state index contributed by atoms with van der Waals surface area (Å²) in [5.41, 5.74) is 3.49. The number of fused-ring (bicyclic) bond motifs is 1. The van der Waals surface area contributed by atoms with Gasteiger partial charge in [0.2, 0.25) is 5.91 Å². The second-order valence-corrected chi connectivity index (χ2v) is 8.94. The molecule has 36 heavy (non-hydrogen) atoms. The summed E-state index contributed by atoms with van der Waals surface area (Å²) < 4.78 is 6.77. The van der Waals surface area contributed by atoms with Gasteiger partial charge in [0.05, 0.1) is 29.0 Å². The molecule has 4 aromatic rings. The minimum atomic E-state index is -0.286. The van der Waals surface area contributed by atoms with Crippen LogP contribution < -0.4 is 20.9 Å². The van der Waals surface area contributed by atoms with Crippen molar-refractivity contribution in [2.45, 2.75) is 19.9 Å². The highest BCUT2D eigenvalue weighted by Gasteiger charge is 2.15. The number of halogens is 2. The van der Waals surface area contributed by atoms with Gasteiger partial charge >= 0.3 is 0 Å². The lowest BCUT2D eigenvalue weighted by Gasteiger charge is -2.14. The third kappa shape index (κ3) is 5.95. The van der Waals surface area contributed by atoms with Gasteiger partial charge < -0.3 is 15.4 Å². The number of ether oxygens (including phenoxy) is 1. The van der Waals surface area contributed by atoms with Crippen molar-refractivity contribution in [2.75, 3.05) is 25.5 Å². The van der Waals surface area contributed by atoms with E-state index in [9.17, 15) is 9.59 Å². The van der Waals surface area contributed by atoms with Crippen LogP contribution in [0, 0.1) is 0 Å². The summed E-state index contributed by atoms with van der Waals surface area (Å²) >= 11 is 12.1. The Kier molecular flexibility index (Phi) is 8.07. The van der Waals surface area contributed by atoms with Crippen molar-refractivity contribution in [3.8, 4) is 17.0 Å². The fourth-order valence-corrected chi connectivity index (χ4v) is 4.08. The lowest BCUT2D eigenvalue weighted by atomic mass is 10.1. The number of nitrogens with one attached hydrogen (secondary N) is 2. The molecule has 0 saturated heterocycles. The van der Waals surface area contributed by atoms with Crippen molar-refractivity contribution in [3.63, 3.8) is 0 Å². The first-order chi connectivity index (χ1) is 17.4. The van der Waals surface area contributed by atoms with Crippen LogP contribution in [-0.2, 0) is 17.8 Å². The summed E-state index contributed by atoms with van der Waals surface area (Å²) in [6, 6.07) is 14.6. The van der Waals surface area contributed by atoms with E-state index in [1.165, 1.54) is 11.5 Å². The van der Waals surface area contributed by atoms with Gasteiger partial charge in [-0.15, -0.1) is 0 Å². The second kappa shape index (κ2) is 11.4. The summed E-state index contributed by atoms with van der Waals surface area (Å²) in [5.74, 6) is 0.513. The molecule has 0 saturated carbocycles. The number of hydrogen-bond donors (Lipinski definition) is 2. The Hall–Kier alpha value is -3.62. The number of aromatic nitrogens is 3. The Bertz CT molecular complexity index is 1450. The average molecular weight is 526 g/mol. The Labute approximate surface area is 218 Å². The Morgan fingerprint density at radius 1 is 1.06 bits per heavy atom. The van der Waals surface area contributed by atoms with Crippen molar-refractivity contribution in [1.29, 1.82) is 0 Å². The van der Waals surface area contributed by atoms with Crippen molar-refractivity contribution < 1.29 is 9.53 Å². The van der Waals surface area contributed by atoms with Crippen molar-refractivity contribution in [3.05, 3.63) is 80.7 Å². The quantitative estimate of drug-likeness (QED) is 0.332. The summed E-state index contributed by atoms with van der Waals surface area (Å²) in [4.78, 5) is 33.9. The standard InChI is InChI=1S/C26H25Cl2N5O3/c1-16(34)29-11-12-33-25-23(32-24(26(33)35)18-4-6-20(36-2)7-5-18)14-19(15-31-25)30-10-9-17-3-8-21(27)22(28)13-17/h3-8,13-15,30H,9-12H2,1-2H3,(H,29,34). The number of methoxy groups -OCH3 is 1. The van der Waals surface area contributed by atoms with E-state index in [1.807, 2.05) is 18.2 Å². The number of rotatable bonds is 9. The van der Waals surface area contributed by atoms with Gasteiger partial charge in [-0.05, 0) is 54.4 Å². The number of carbonyl (C=O) groups is 1. The van der Waals surface area contributed by atoms with Crippen LogP contribution >= 0.6 is 23.2 Å². The number of anilines is 1. The third-order valence-corrected chi connectivity index (χ3v) is 6.32. The lowest BCUT2D eigenvalue weighted by molar-refractivity contribution is -0.118. The summed E-state index contributed by atoms with van der Waals surface area (Å²) in [6.07, 6.45) is 2.40. The molecular formula is C26H25Cl2N5O3. The average Bonchev–Trinajstić information content (AvgIpc) is 2.87. The molecule has 0 spiro atoms. The molecular weight excluding hydrogens is 501 g/mol. The van der Waals surface area contributed by atoms with E-state index < -0.39 is 0 Å². The smallest absolute Gasteiger partial charge is 0.278 e. The number of benzene rings is 2. The highest BCUT2D eigenvalue weighted by atomic mass is 35.5.